The number of amides is 2. The van der Waals surface area contributed by atoms with Crippen molar-refractivity contribution in [3.63, 3.8) is 0 Å². The van der Waals surface area contributed by atoms with Crippen LogP contribution in [0.4, 0.5) is 9.93 Å². The summed E-state index contributed by atoms with van der Waals surface area (Å²) in [4.78, 5) is 28.8. The van der Waals surface area contributed by atoms with Crippen LogP contribution in [0, 0.1) is 12.8 Å². The fraction of sp³-hybridized carbons (Fsp3) is 0.312. The van der Waals surface area contributed by atoms with Crippen molar-refractivity contribution in [1.29, 1.82) is 0 Å². The van der Waals surface area contributed by atoms with E-state index < -0.39 is 17.9 Å². The van der Waals surface area contributed by atoms with E-state index in [2.05, 4.69) is 15.6 Å². The van der Waals surface area contributed by atoms with E-state index >= 15 is 0 Å². The third kappa shape index (κ3) is 5.24. The zero-order valence-corrected chi connectivity index (χ0v) is 14.2. The number of nitrogens with zero attached hydrogens (tertiary/aromatic N) is 1. The second-order valence-corrected chi connectivity index (χ2v) is 6.44. The number of phenols is 1. The molecule has 1 atom stereocenters. The molecule has 1 aromatic carbocycles. The summed E-state index contributed by atoms with van der Waals surface area (Å²) in [7, 11) is 1.31. The number of hydrogen-bond acceptors (Lipinski definition) is 6. The zero-order valence-electron chi connectivity index (χ0n) is 13.4. The highest BCUT2D eigenvalue weighted by atomic mass is 32.1. The Morgan fingerprint density at radius 2 is 2.04 bits per heavy atom. The van der Waals surface area contributed by atoms with Gasteiger partial charge in [-0.15, -0.1) is 11.3 Å². The van der Waals surface area contributed by atoms with Crippen molar-refractivity contribution in [1.82, 2.24) is 10.3 Å². The molecule has 2 aromatic rings. The lowest BCUT2D eigenvalue weighted by Gasteiger charge is -2.15. The first-order valence-corrected chi connectivity index (χ1v) is 8.12. The normalized spacial score (nSPS) is 11.6. The summed E-state index contributed by atoms with van der Waals surface area (Å²) in [6.45, 7) is 2.02. The average Bonchev–Trinajstić information content (AvgIpc) is 2.97. The number of aryl methyl sites for hydroxylation is 1. The quantitative estimate of drug-likeness (QED) is 0.695. The summed E-state index contributed by atoms with van der Waals surface area (Å²) in [6.07, 6.45) is 2.06. The molecule has 0 aliphatic carbocycles. The van der Waals surface area contributed by atoms with Crippen LogP contribution in [0.2, 0.25) is 0 Å². The molecule has 7 nitrogen and oxygen atoms in total. The number of methoxy groups -OCH3 is 1. The molecule has 0 bridgehead atoms. The number of phenolic OH excluding ortho intramolecular Hbond substituents is 1. The van der Waals surface area contributed by atoms with Crippen molar-refractivity contribution < 1.29 is 19.4 Å². The molecular weight excluding hydrogens is 330 g/mol. The zero-order chi connectivity index (χ0) is 17.5. The molecule has 3 N–H and O–H groups in total. The van der Waals surface area contributed by atoms with Crippen LogP contribution >= 0.6 is 11.3 Å². The van der Waals surface area contributed by atoms with Gasteiger partial charge in [-0.05, 0) is 31.0 Å². The Bertz CT molecular complexity index is 700. The summed E-state index contributed by atoms with van der Waals surface area (Å²) in [5, 5.41) is 15.1. The number of aromatic hydroxyl groups is 1. The summed E-state index contributed by atoms with van der Waals surface area (Å²) in [6, 6.07) is 6.13. The van der Waals surface area contributed by atoms with E-state index in [1.807, 2.05) is 6.92 Å². The van der Waals surface area contributed by atoms with E-state index in [4.69, 9.17) is 4.74 Å². The smallest absolute Gasteiger partial charge is 0.321 e. The minimum Gasteiger partial charge on any atom is -0.508 e. The minimum absolute atomic E-state index is 0.129. The predicted molar refractivity (Wildman–Crippen MR) is 91.2 cm³/mol. The number of esters is 1. The maximum atomic E-state index is 11.9. The Kier molecular flexibility index (Phi) is 6.14. The Morgan fingerprint density at radius 3 is 2.62 bits per heavy atom. The molecule has 24 heavy (non-hydrogen) atoms. The van der Waals surface area contributed by atoms with Gasteiger partial charge >= 0.3 is 12.0 Å². The molecule has 0 radical (unpaired) electrons. The fourth-order valence-corrected chi connectivity index (χ4v) is 2.75. The molecule has 8 heteroatoms. The molecule has 0 aliphatic rings. The summed E-state index contributed by atoms with van der Waals surface area (Å²) in [5.74, 6) is -0.776. The van der Waals surface area contributed by atoms with Crippen LogP contribution in [0.15, 0.2) is 30.5 Å². The number of anilines is 1. The van der Waals surface area contributed by atoms with Crippen molar-refractivity contribution >= 4 is 28.5 Å². The van der Waals surface area contributed by atoms with Gasteiger partial charge in [0.25, 0.3) is 0 Å². The number of carbonyl (C=O) groups excluding carboxylic acids is 2. The van der Waals surface area contributed by atoms with Gasteiger partial charge in [-0.2, -0.15) is 0 Å². The van der Waals surface area contributed by atoms with E-state index in [1.165, 1.54) is 18.4 Å². The first-order chi connectivity index (χ1) is 11.5. The van der Waals surface area contributed by atoms with Gasteiger partial charge in [0, 0.05) is 17.6 Å². The van der Waals surface area contributed by atoms with Crippen molar-refractivity contribution in [2.45, 2.75) is 13.3 Å². The number of ether oxygens (including phenoxy) is 1. The Morgan fingerprint density at radius 1 is 1.33 bits per heavy atom. The second-order valence-electron chi connectivity index (χ2n) is 5.20. The number of urea groups is 1. The third-order valence-electron chi connectivity index (χ3n) is 3.30. The van der Waals surface area contributed by atoms with Crippen LogP contribution in [-0.4, -0.2) is 35.7 Å². The van der Waals surface area contributed by atoms with Crippen LogP contribution in [0.5, 0.6) is 5.75 Å². The maximum Gasteiger partial charge on any atom is 0.321 e. The van der Waals surface area contributed by atoms with Gasteiger partial charge in [0.1, 0.15) is 5.75 Å². The lowest BCUT2D eigenvalue weighted by molar-refractivity contribution is -0.145. The number of nitrogens with one attached hydrogen (secondary N) is 2. The summed E-state index contributed by atoms with van der Waals surface area (Å²) in [5.41, 5.74) is 0.862. The van der Waals surface area contributed by atoms with Gasteiger partial charge in [-0.3, -0.25) is 10.1 Å². The lowest BCUT2D eigenvalue weighted by atomic mass is 9.99. The third-order valence-corrected chi connectivity index (χ3v) is 4.13. The van der Waals surface area contributed by atoms with Gasteiger partial charge < -0.3 is 15.2 Å². The van der Waals surface area contributed by atoms with Gasteiger partial charge in [0.15, 0.2) is 5.13 Å². The topological polar surface area (TPSA) is 101 Å². The summed E-state index contributed by atoms with van der Waals surface area (Å²) < 4.78 is 4.79. The standard InChI is InChI=1S/C16H19N3O4S/c1-10-8-18-16(24-10)19-15(22)17-9-12(14(21)23-2)7-11-3-5-13(20)6-4-11/h3-6,8,12,20H,7,9H2,1-2H3,(H2,17,18,19,22). The van der Waals surface area contributed by atoms with Crippen molar-refractivity contribution in [2.75, 3.05) is 19.0 Å². The molecular formula is C16H19N3O4S. The van der Waals surface area contributed by atoms with Gasteiger partial charge in [-0.25, -0.2) is 9.78 Å². The van der Waals surface area contributed by atoms with E-state index in [9.17, 15) is 14.7 Å². The van der Waals surface area contributed by atoms with Crippen LogP contribution < -0.4 is 10.6 Å². The first kappa shape index (κ1) is 17.7. The molecule has 128 valence electrons. The molecule has 2 rings (SSSR count). The highest BCUT2D eigenvalue weighted by Gasteiger charge is 2.21. The number of carbonyl (C=O) groups is 2. The highest BCUT2D eigenvalue weighted by molar-refractivity contribution is 7.15. The van der Waals surface area contributed by atoms with Crippen LogP contribution in [0.25, 0.3) is 0 Å². The second kappa shape index (κ2) is 8.30. The Hall–Kier alpha value is -2.61. The van der Waals surface area contributed by atoms with Crippen LogP contribution in [0.3, 0.4) is 0 Å². The van der Waals surface area contributed by atoms with Gasteiger partial charge in [-0.1, -0.05) is 12.1 Å². The molecule has 0 aliphatic heterocycles. The minimum atomic E-state index is -0.525. The largest absolute Gasteiger partial charge is 0.508 e. The van der Waals surface area contributed by atoms with E-state index in [0.29, 0.717) is 11.6 Å². The maximum absolute atomic E-state index is 11.9. The molecule has 0 spiro atoms. The first-order valence-electron chi connectivity index (χ1n) is 7.31. The molecule has 2 amide bonds. The Balaban J connectivity index is 1.92. The van der Waals surface area contributed by atoms with E-state index in [-0.39, 0.29) is 12.3 Å². The number of rotatable bonds is 6. The number of aromatic nitrogens is 1. The lowest BCUT2D eigenvalue weighted by Crippen LogP contribution is -2.37. The van der Waals surface area contributed by atoms with Crippen LogP contribution in [-0.2, 0) is 16.0 Å². The predicted octanol–water partition coefficient (Wildman–Crippen LogP) is 2.31. The van der Waals surface area contributed by atoms with E-state index in [0.717, 1.165) is 10.4 Å². The number of hydrogen-bond donors (Lipinski definition) is 3. The van der Waals surface area contributed by atoms with Gasteiger partial charge in [0.05, 0.1) is 13.0 Å². The monoisotopic (exact) mass is 349 g/mol. The molecule has 1 aromatic heterocycles. The molecule has 0 fully saturated rings. The molecule has 1 unspecified atom stereocenters. The SMILES string of the molecule is COC(=O)C(CNC(=O)Nc1ncc(C)s1)Cc1ccc(O)cc1. The number of thiazole rings is 1. The molecule has 0 saturated carbocycles. The molecule has 0 saturated heterocycles. The Labute approximate surface area is 143 Å². The van der Waals surface area contributed by atoms with Crippen molar-refractivity contribution in [3.8, 4) is 5.75 Å². The van der Waals surface area contributed by atoms with Crippen LogP contribution in [0.1, 0.15) is 10.4 Å². The highest BCUT2D eigenvalue weighted by Crippen LogP contribution is 2.17. The van der Waals surface area contributed by atoms with Crippen molar-refractivity contribution in [2.24, 2.45) is 5.92 Å². The summed E-state index contributed by atoms with van der Waals surface area (Å²) >= 11 is 1.37. The average molecular weight is 349 g/mol. The molecule has 1 heterocycles. The van der Waals surface area contributed by atoms with Crippen molar-refractivity contribution in [3.05, 3.63) is 40.9 Å². The van der Waals surface area contributed by atoms with E-state index in [1.54, 1.807) is 30.5 Å². The van der Waals surface area contributed by atoms with Gasteiger partial charge in [0.2, 0.25) is 0 Å². The fourth-order valence-electron chi connectivity index (χ4n) is 2.09. The number of benzene rings is 1.